The largest absolute Gasteiger partial charge is 0.443 e. The number of nitrogens with zero attached hydrogens (tertiary/aromatic N) is 2. The maximum atomic E-state index is 13.7. The van der Waals surface area contributed by atoms with Crippen LogP contribution in [0.1, 0.15) is 52.2 Å². The molecule has 10 heteroatoms. The summed E-state index contributed by atoms with van der Waals surface area (Å²) in [6.07, 6.45) is 0.462. The maximum absolute atomic E-state index is 13.7. The van der Waals surface area contributed by atoms with E-state index in [1.54, 1.807) is 17.0 Å². The highest BCUT2D eigenvalue weighted by Crippen LogP contribution is 2.32. The Morgan fingerprint density at radius 2 is 1.78 bits per heavy atom. The summed E-state index contributed by atoms with van der Waals surface area (Å²) in [6.45, 7) is 9.67. The first-order valence-electron chi connectivity index (χ1n) is 11.9. The smallest absolute Gasteiger partial charge is 0.414 e. The first-order chi connectivity index (χ1) is 16.7. The van der Waals surface area contributed by atoms with Crippen molar-refractivity contribution in [1.82, 2.24) is 4.31 Å². The number of carbonyl (C=O) groups is 2. The lowest BCUT2D eigenvalue weighted by Gasteiger charge is -2.30. The summed E-state index contributed by atoms with van der Waals surface area (Å²) in [6, 6.07) is 10.2. The van der Waals surface area contributed by atoms with E-state index in [1.165, 1.54) is 28.6 Å². The van der Waals surface area contributed by atoms with Crippen molar-refractivity contribution in [3.8, 4) is 0 Å². The summed E-state index contributed by atoms with van der Waals surface area (Å²) in [5.74, 6) is -0.675. The third-order valence-corrected chi connectivity index (χ3v) is 7.90. The fourth-order valence-electron chi connectivity index (χ4n) is 4.17. The van der Waals surface area contributed by atoms with Crippen molar-refractivity contribution in [2.24, 2.45) is 11.7 Å². The second kappa shape index (κ2) is 10.8. The number of fused-ring (bicyclic) bond motifs is 1. The molecule has 196 valence electrons. The van der Waals surface area contributed by atoms with Crippen molar-refractivity contribution in [2.45, 2.75) is 70.5 Å². The first kappa shape index (κ1) is 28.0. The number of nitrogens with two attached hydrogens (primary N) is 1. The zero-order valence-electron chi connectivity index (χ0n) is 21.3. The minimum absolute atomic E-state index is 0.0270. The highest BCUT2D eigenvalue weighted by atomic mass is 35.5. The van der Waals surface area contributed by atoms with Gasteiger partial charge in [-0.1, -0.05) is 37.6 Å². The van der Waals surface area contributed by atoms with E-state index in [0.29, 0.717) is 23.6 Å². The molecule has 0 unspecified atom stereocenters. The monoisotopic (exact) mass is 535 g/mol. The molecule has 2 amide bonds. The molecular weight excluding hydrogens is 502 g/mol. The van der Waals surface area contributed by atoms with Crippen molar-refractivity contribution >= 4 is 39.3 Å². The molecule has 8 nitrogen and oxygen atoms in total. The second-order valence-corrected chi connectivity index (χ2v) is 12.7. The zero-order valence-corrected chi connectivity index (χ0v) is 22.9. The van der Waals surface area contributed by atoms with Gasteiger partial charge in [0, 0.05) is 18.1 Å². The molecule has 0 fully saturated rings. The van der Waals surface area contributed by atoms with Crippen LogP contribution in [0, 0.1) is 5.92 Å². The minimum atomic E-state index is -4.08. The van der Waals surface area contributed by atoms with Gasteiger partial charge < -0.3 is 10.5 Å². The van der Waals surface area contributed by atoms with Crippen LogP contribution in [0.5, 0.6) is 0 Å². The Bertz CT molecular complexity index is 1220. The Hall–Kier alpha value is -2.62. The molecule has 0 saturated heterocycles. The summed E-state index contributed by atoms with van der Waals surface area (Å²) in [4.78, 5) is 26.7. The predicted octanol–water partition coefficient (Wildman–Crippen LogP) is 4.73. The second-order valence-electron chi connectivity index (χ2n) is 10.4. The highest BCUT2D eigenvalue weighted by molar-refractivity contribution is 7.89. The van der Waals surface area contributed by atoms with E-state index in [9.17, 15) is 18.0 Å². The van der Waals surface area contributed by atoms with Crippen molar-refractivity contribution in [1.29, 1.82) is 0 Å². The summed E-state index contributed by atoms with van der Waals surface area (Å²) >= 11 is 5.96. The number of hydrogen-bond acceptors (Lipinski definition) is 5. The molecule has 0 aliphatic carbocycles. The molecule has 3 rings (SSSR count). The number of rotatable bonds is 8. The van der Waals surface area contributed by atoms with Crippen molar-refractivity contribution < 1.29 is 22.7 Å². The van der Waals surface area contributed by atoms with Gasteiger partial charge in [-0.2, -0.15) is 4.31 Å². The SMILES string of the molecule is CC(C)C[C@H](C(N)=O)N(Cc1ccc2c(c1)CCN2C(=O)OC(C)(C)C)S(=O)(=O)c1ccc(Cl)cc1. The molecule has 1 atom stereocenters. The number of ether oxygens (including phenoxy) is 1. The van der Waals surface area contributed by atoms with Gasteiger partial charge in [0.15, 0.2) is 0 Å². The fourth-order valence-corrected chi connectivity index (χ4v) is 5.89. The summed E-state index contributed by atoms with van der Waals surface area (Å²) in [5, 5.41) is 0.405. The molecule has 0 radical (unpaired) electrons. The Labute approximate surface area is 218 Å². The third-order valence-electron chi connectivity index (χ3n) is 5.78. The van der Waals surface area contributed by atoms with Crippen LogP contribution >= 0.6 is 11.6 Å². The van der Waals surface area contributed by atoms with Crippen LogP contribution < -0.4 is 10.6 Å². The molecule has 0 aromatic heterocycles. The van der Waals surface area contributed by atoms with Crippen molar-refractivity contribution in [2.75, 3.05) is 11.4 Å². The van der Waals surface area contributed by atoms with Gasteiger partial charge in [-0.05, 0) is 81.0 Å². The van der Waals surface area contributed by atoms with Gasteiger partial charge in [0.1, 0.15) is 11.6 Å². The molecule has 1 heterocycles. The summed E-state index contributed by atoms with van der Waals surface area (Å²) in [7, 11) is -4.08. The van der Waals surface area contributed by atoms with Crippen LogP contribution in [0.25, 0.3) is 0 Å². The van der Waals surface area contributed by atoms with Gasteiger partial charge in [0.05, 0.1) is 10.6 Å². The van der Waals surface area contributed by atoms with Gasteiger partial charge >= 0.3 is 6.09 Å². The molecule has 1 aliphatic heterocycles. The molecule has 0 spiro atoms. The van der Waals surface area contributed by atoms with Crippen LogP contribution in [0.15, 0.2) is 47.4 Å². The maximum Gasteiger partial charge on any atom is 0.414 e. The lowest BCUT2D eigenvalue weighted by atomic mass is 10.0. The van der Waals surface area contributed by atoms with Gasteiger partial charge in [0.2, 0.25) is 15.9 Å². The van der Waals surface area contributed by atoms with E-state index >= 15 is 0 Å². The Balaban J connectivity index is 1.97. The van der Waals surface area contributed by atoms with E-state index in [1.807, 2.05) is 40.7 Å². The van der Waals surface area contributed by atoms with Crippen LogP contribution in [0.4, 0.5) is 10.5 Å². The van der Waals surface area contributed by atoms with Crippen LogP contribution in [-0.2, 0) is 32.5 Å². The van der Waals surface area contributed by atoms with E-state index in [2.05, 4.69) is 0 Å². The average Bonchev–Trinajstić information content (AvgIpc) is 3.18. The van der Waals surface area contributed by atoms with Crippen molar-refractivity contribution in [3.05, 3.63) is 58.6 Å². The predicted molar refractivity (Wildman–Crippen MR) is 140 cm³/mol. The van der Waals surface area contributed by atoms with Gasteiger partial charge in [-0.15, -0.1) is 0 Å². The highest BCUT2D eigenvalue weighted by Gasteiger charge is 2.36. The zero-order chi connectivity index (χ0) is 26.8. The lowest BCUT2D eigenvalue weighted by molar-refractivity contribution is -0.122. The Morgan fingerprint density at radius 3 is 2.33 bits per heavy atom. The fraction of sp³-hybridized carbons (Fsp3) is 0.462. The Morgan fingerprint density at radius 1 is 1.14 bits per heavy atom. The molecular formula is C26H34ClN3O5S. The lowest BCUT2D eigenvalue weighted by Crippen LogP contribution is -2.48. The number of sulfonamides is 1. The number of carbonyl (C=O) groups excluding carboxylic acids is 2. The van der Waals surface area contributed by atoms with Crippen LogP contribution in [0.2, 0.25) is 5.02 Å². The first-order valence-corrected chi connectivity index (χ1v) is 13.7. The molecule has 0 bridgehead atoms. The quantitative estimate of drug-likeness (QED) is 0.525. The number of halogens is 1. The van der Waals surface area contributed by atoms with E-state index in [4.69, 9.17) is 22.1 Å². The van der Waals surface area contributed by atoms with E-state index in [0.717, 1.165) is 11.3 Å². The van der Waals surface area contributed by atoms with Gasteiger partial charge in [0.25, 0.3) is 0 Å². The average molecular weight is 536 g/mol. The minimum Gasteiger partial charge on any atom is -0.443 e. The van der Waals surface area contributed by atoms with Gasteiger partial charge in [-0.3, -0.25) is 9.69 Å². The van der Waals surface area contributed by atoms with E-state index in [-0.39, 0.29) is 23.8 Å². The number of benzene rings is 2. The molecule has 1 aliphatic rings. The van der Waals surface area contributed by atoms with Gasteiger partial charge in [-0.25, -0.2) is 13.2 Å². The van der Waals surface area contributed by atoms with Crippen LogP contribution in [0.3, 0.4) is 0 Å². The molecule has 2 aromatic carbocycles. The number of anilines is 1. The number of amides is 2. The van der Waals surface area contributed by atoms with Crippen molar-refractivity contribution in [3.63, 3.8) is 0 Å². The summed E-state index contributed by atoms with van der Waals surface area (Å²) in [5.41, 5.74) is 7.41. The normalized spacial score (nSPS) is 14.7. The van der Waals surface area contributed by atoms with E-state index < -0.39 is 33.7 Å². The number of primary amides is 1. The molecule has 2 aromatic rings. The number of hydrogen-bond donors (Lipinski definition) is 1. The topological polar surface area (TPSA) is 110 Å². The molecule has 0 saturated carbocycles. The molecule has 36 heavy (non-hydrogen) atoms. The molecule has 2 N–H and O–H groups in total. The standard InChI is InChI=1S/C26H34ClN3O5S/c1-17(2)14-23(24(28)31)30(36(33,34)21-9-7-20(27)8-10-21)16-18-6-11-22-19(15-18)12-13-29(22)25(32)35-26(3,4)5/h6-11,15,17,23H,12-14,16H2,1-5H3,(H2,28,31)/t23-/m1/s1. The third kappa shape index (κ3) is 6.57. The van der Waals surface area contributed by atoms with Crippen LogP contribution in [-0.4, -0.2) is 42.9 Å². The Kier molecular flexibility index (Phi) is 8.37. The summed E-state index contributed by atoms with van der Waals surface area (Å²) < 4.78 is 34.1.